The highest BCUT2D eigenvalue weighted by atomic mass is 16.5. The Bertz CT molecular complexity index is 722. The monoisotopic (exact) mass is 448 g/mol. The van der Waals surface area contributed by atoms with Crippen LogP contribution in [0.4, 0.5) is 0 Å². The Labute approximate surface area is 192 Å². The molecule has 3 saturated heterocycles. The molecule has 0 spiro atoms. The molecule has 4 rings (SSSR count). The third kappa shape index (κ3) is 6.56. The first kappa shape index (κ1) is 23.7. The van der Waals surface area contributed by atoms with Crippen molar-refractivity contribution in [1.82, 2.24) is 19.6 Å². The van der Waals surface area contributed by atoms with Gasteiger partial charge in [0.05, 0.1) is 25.9 Å². The Kier molecular flexibility index (Phi) is 8.26. The van der Waals surface area contributed by atoms with Crippen molar-refractivity contribution in [3.8, 4) is 11.5 Å². The average Bonchev–Trinajstić information content (AvgIpc) is 3.17. The van der Waals surface area contributed by atoms with Crippen LogP contribution in [0, 0.1) is 0 Å². The highest BCUT2D eigenvalue weighted by Crippen LogP contribution is 2.30. The molecule has 32 heavy (non-hydrogen) atoms. The summed E-state index contributed by atoms with van der Waals surface area (Å²) in [6.45, 7) is 12.6. The number of likely N-dealkylation sites (N-methyl/N-ethyl adjacent to an activating group) is 1. The molecular formula is C24H40N4O4. The van der Waals surface area contributed by atoms with Gasteiger partial charge in [0.15, 0.2) is 11.5 Å². The molecule has 3 aliphatic heterocycles. The van der Waals surface area contributed by atoms with Crippen molar-refractivity contribution in [2.75, 3.05) is 99.4 Å². The summed E-state index contributed by atoms with van der Waals surface area (Å²) >= 11 is 0. The van der Waals surface area contributed by atoms with E-state index < -0.39 is 5.60 Å². The normalized spacial score (nSPS) is 26.5. The van der Waals surface area contributed by atoms with E-state index in [2.05, 4.69) is 38.8 Å². The van der Waals surface area contributed by atoms with Gasteiger partial charge in [-0.1, -0.05) is 6.07 Å². The fraction of sp³-hybridized carbons (Fsp3) is 0.750. The highest BCUT2D eigenvalue weighted by Gasteiger charge is 2.37. The van der Waals surface area contributed by atoms with Crippen molar-refractivity contribution >= 4 is 0 Å². The van der Waals surface area contributed by atoms with E-state index in [0.29, 0.717) is 6.61 Å². The maximum absolute atomic E-state index is 11.2. The van der Waals surface area contributed by atoms with Crippen molar-refractivity contribution in [3.63, 3.8) is 0 Å². The van der Waals surface area contributed by atoms with Crippen LogP contribution < -0.4 is 9.47 Å². The quantitative estimate of drug-likeness (QED) is 0.589. The van der Waals surface area contributed by atoms with Crippen molar-refractivity contribution in [2.45, 2.75) is 18.6 Å². The van der Waals surface area contributed by atoms with Gasteiger partial charge in [-0.2, -0.15) is 0 Å². The van der Waals surface area contributed by atoms with Crippen LogP contribution >= 0.6 is 0 Å². The van der Waals surface area contributed by atoms with E-state index in [-0.39, 0.29) is 0 Å². The van der Waals surface area contributed by atoms with Crippen molar-refractivity contribution in [1.29, 1.82) is 0 Å². The first-order chi connectivity index (χ1) is 15.5. The molecule has 1 aromatic carbocycles. The van der Waals surface area contributed by atoms with Crippen molar-refractivity contribution in [3.05, 3.63) is 23.8 Å². The molecule has 1 aromatic rings. The molecule has 3 heterocycles. The summed E-state index contributed by atoms with van der Waals surface area (Å²) in [5, 5.41) is 11.2. The molecule has 3 aliphatic rings. The molecule has 0 aliphatic carbocycles. The van der Waals surface area contributed by atoms with Crippen LogP contribution in [0.25, 0.3) is 0 Å². The van der Waals surface area contributed by atoms with Crippen LogP contribution in [-0.2, 0) is 11.3 Å². The van der Waals surface area contributed by atoms with Crippen LogP contribution in [0.5, 0.6) is 11.5 Å². The van der Waals surface area contributed by atoms with E-state index in [1.807, 2.05) is 6.07 Å². The molecule has 1 N–H and O–H groups in total. The molecule has 0 bridgehead atoms. The third-order valence-corrected chi connectivity index (χ3v) is 6.93. The van der Waals surface area contributed by atoms with E-state index in [1.165, 1.54) is 5.56 Å². The zero-order valence-corrected chi connectivity index (χ0v) is 19.8. The van der Waals surface area contributed by atoms with Crippen LogP contribution in [-0.4, -0.2) is 130 Å². The van der Waals surface area contributed by atoms with Gasteiger partial charge in [-0.15, -0.1) is 0 Å². The maximum atomic E-state index is 11.2. The number of benzene rings is 1. The molecule has 0 amide bonds. The first-order valence-electron chi connectivity index (χ1n) is 12.0. The molecule has 8 nitrogen and oxygen atoms in total. The summed E-state index contributed by atoms with van der Waals surface area (Å²) in [5.41, 5.74) is 0.578. The lowest BCUT2D eigenvalue weighted by molar-refractivity contribution is -0.000373. The Morgan fingerprint density at radius 1 is 0.969 bits per heavy atom. The van der Waals surface area contributed by atoms with Gasteiger partial charge in [-0.25, -0.2) is 0 Å². The smallest absolute Gasteiger partial charge is 0.161 e. The standard InChI is InChI=1S/C24H40N4O4/c1-25-7-9-27(10-8-25)19-24(29)5-6-28(20-24)18-21-3-4-22(23(17-21)30-2)32-16-13-26-11-14-31-15-12-26/h3-4,17,29H,5-16,18-20H2,1-2H3/t24-/m0/s1. The molecule has 0 saturated carbocycles. The van der Waals surface area contributed by atoms with Gasteiger partial charge in [0.25, 0.3) is 0 Å². The summed E-state index contributed by atoms with van der Waals surface area (Å²) < 4.78 is 17.0. The topological polar surface area (TPSA) is 60.9 Å². The van der Waals surface area contributed by atoms with Crippen LogP contribution in [0.3, 0.4) is 0 Å². The molecular weight excluding hydrogens is 408 g/mol. The Morgan fingerprint density at radius 3 is 2.50 bits per heavy atom. The van der Waals surface area contributed by atoms with Gasteiger partial charge < -0.3 is 24.2 Å². The predicted octanol–water partition coefficient (Wildman–Crippen LogP) is 0.590. The molecule has 0 radical (unpaired) electrons. The number of methoxy groups -OCH3 is 1. The average molecular weight is 449 g/mol. The lowest BCUT2D eigenvalue weighted by Gasteiger charge is -2.37. The number of piperazine rings is 1. The van der Waals surface area contributed by atoms with Crippen molar-refractivity contribution < 1.29 is 19.3 Å². The number of ether oxygens (including phenoxy) is 3. The van der Waals surface area contributed by atoms with E-state index >= 15 is 0 Å². The second-order valence-electron chi connectivity index (χ2n) is 9.55. The number of rotatable bonds is 9. The number of likely N-dealkylation sites (tertiary alicyclic amines) is 1. The van der Waals surface area contributed by atoms with Crippen LogP contribution in [0.2, 0.25) is 0 Å². The fourth-order valence-corrected chi connectivity index (χ4v) is 4.92. The predicted molar refractivity (Wildman–Crippen MR) is 125 cm³/mol. The highest BCUT2D eigenvalue weighted by molar-refractivity contribution is 5.43. The molecule has 1 atom stereocenters. The number of hydrogen-bond acceptors (Lipinski definition) is 8. The summed E-state index contributed by atoms with van der Waals surface area (Å²) in [6, 6.07) is 6.20. The van der Waals surface area contributed by atoms with Gasteiger partial charge in [0.1, 0.15) is 6.61 Å². The number of nitrogens with zero attached hydrogens (tertiary/aromatic N) is 4. The Hall–Kier alpha value is -1.42. The summed E-state index contributed by atoms with van der Waals surface area (Å²) in [6.07, 6.45) is 0.833. The van der Waals surface area contributed by atoms with Crippen molar-refractivity contribution in [2.24, 2.45) is 0 Å². The largest absolute Gasteiger partial charge is 0.493 e. The minimum atomic E-state index is -0.609. The van der Waals surface area contributed by atoms with E-state index in [4.69, 9.17) is 14.2 Å². The van der Waals surface area contributed by atoms with E-state index in [1.54, 1.807) is 7.11 Å². The summed E-state index contributed by atoms with van der Waals surface area (Å²) in [7, 11) is 3.86. The molecule has 0 aromatic heterocycles. The van der Waals surface area contributed by atoms with Crippen LogP contribution in [0.15, 0.2) is 18.2 Å². The minimum absolute atomic E-state index is 0.609. The molecule has 0 unspecified atom stereocenters. The summed E-state index contributed by atoms with van der Waals surface area (Å²) in [5.74, 6) is 1.56. The second-order valence-corrected chi connectivity index (χ2v) is 9.55. The molecule has 8 heteroatoms. The number of hydrogen-bond donors (Lipinski definition) is 1. The Balaban J connectivity index is 1.25. The molecule has 180 valence electrons. The number of β-amino-alcohol motifs (C(OH)–C–C–N with tert-alkyl or cyclic N) is 1. The van der Waals surface area contributed by atoms with Crippen LogP contribution in [0.1, 0.15) is 12.0 Å². The van der Waals surface area contributed by atoms with E-state index in [0.717, 1.165) is 103 Å². The van der Waals surface area contributed by atoms with Gasteiger partial charge >= 0.3 is 0 Å². The van der Waals surface area contributed by atoms with Gasteiger partial charge in [-0.3, -0.25) is 14.7 Å². The lowest BCUT2D eigenvalue weighted by atomic mass is 10.0. The van der Waals surface area contributed by atoms with E-state index in [9.17, 15) is 5.11 Å². The second kappa shape index (κ2) is 11.1. The molecule has 3 fully saturated rings. The van der Waals surface area contributed by atoms with Gasteiger partial charge in [0.2, 0.25) is 0 Å². The Morgan fingerprint density at radius 2 is 1.75 bits per heavy atom. The zero-order valence-electron chi connectivity index (χ0n) is 19.8. The maximum Gasteiger partial charge on any atom is 0.161 e. The first-order valence-corrected chi connectivity index (χ1v) is 12.0. The van der Waals surface area contributed by atoms with Gasteiger partial charge in [0, 0.05) is 72.0 Å². The lowest BCUT2D eigenvalue weighted by Crippen LogP contribution is -2.51. The zero-order chi connectivity index (χ0) is 22.4. The summed E-state index contributed by atoms with van der Waals surface area (Å²) in [4.78, 5) is 9.48. The number of morpholine rings is 1. The number of aliphatic hydroxyl groups is 1. The third-order valence-electron chi connectivity index (χ3n) is 6.93. The SMILES string of the molecule is COc1cc(CN2CC[C@](O)(CN3CCN(C)CC3)C2)ccc1OCCN1CCOCC1. The van der Waals surface area contributed by atoms with Gasteiger partial charge in [-0.05, 0) is 31.2 Å². The fourth-order valence-electron chi connectivity index (χ4n) is 4.92. The minimum Gasteiger partial charge on any atom is -0.493 e.